The summed E-state index contributed by atoms with van der Waals surface area (Å²) in [4.78, 5) is 16.1. The average Bonchev–Trinajstić information content (AvgIpc) is 3.01. The van der Waals surface area contributed by atoms with Gasteiger partial charge in [-0.2, -0.15) is 0 Å². The van der Waals surface area contributed by atoms with Gasteiger partial charge < -0.3 is 4.74 Å². The molecule has 0 atom stereocenters. The summed E-state index contributed by atoms with van der Waals surface area (Å²) in [5.41, 5.74) is 0.527. The number of carbonyl (C=O) groups is 1. The molecule has 0 radical (unpaired) electrons. The summed E-state index contributed by atoms with van der Waals surface area (Å²) in [6.07, 6.45) is 1.65. The zero-order valence-electron chi connectivity index (χ0n) is 11.0. The smallest absolute Gasteiger partial charge is 0.257 e. The van der Waals surface area contributed by atoms with E-state index in [0.717, 1.165) is 5.75 Å². The van der Waals surface area contributed by atoms with Crippen molar-refractivity contribution >= 4 is 22.4 Å². The molecule has 0 aliphatic heterocycles. The zero-order chi connectivity index (χ0) is 14.5. The number of rotatable bonds is 4. The van der Waals surface area contributed by atoms with Crippen molar-refractivity contribution in [1.29, 1.82) is 0 Å². The second-order valence-corrected chi connectivity index (χ2v) is 5.13. The van der Waals surface area contributed by atoms with Crippen LogP contribution in [0.2, 0.25) is 0 Å². The van der Waals surface area contributed by atoms with E-state index < -0.39 is 0 Å². The fourth-order valence-electron chi connectivity index (χ4n) is 1.78. The maximum atomic E-state index is 12.1. The normalized spacial score (nSPS) is 10.1. The molecule has 104 valence electrons. The molecule has 3 rings (SSSR count). The van der Waals surface area contributed by atoms with Gasteiger partial charge in [0.25, 0.3) is 5.91 Å². The van der Waals surface area contributed by atoms with Crippen molar-refractivity contribution in [2.24, 2.45) is 0 Å². The van der Waals surface area contributed by atoms with Crippen molar-refractivity contribution in [3.63, 3.8) is 0 Å². The Hall–Kier alpha value is -2.66. The molecule has 0 saturated heterocycles. The quantitative estimate of drug-likeness (QED) is 0.785. The van der Waals surface area contributed by atoms with Gasteiger partial charge in [-0.25, -0.2) is 4.98 Å². The largest absolute Gasteiger partial charge is 0.457 e. The summed E-state index contributed by atoms with van der Waals surface area (Å²) < 4.78 is 5.71. The third kappa shape index (κ3) is 3.46. The van der Waals surface area contributed by atoms with E-state index >= 15 is 0 Å². The van der Waals surface area contributed by atoms with Gasteiger partial charge in [-0.1, -0.05) is 24.3 Å². The molecule has 2 aromatic carbocycles. The Bertz CT molecular complexity index is 727. The number of hydrogen-bond donors (Lipinski definition) is 1. The fourth-order valence-corrected chi connectivity index (χ4v) is 2.30. The second kappa shape index (κ2) is 6.19. The van der Waals surface area contributed by atoms with Crippen molar-refractivity contribution < 1.29 is 9.53 Å². The molecule has 1 N–H and O–H groups in total. The molecule has 1 aromatic heterocycles. The summed E-state index contributed by atoms with van der Waals surface area (Å²) in [5.74, 6) is 1.14. The van der Waals surface area contributed by atoms with Gasteiger partial charge in [0.15, 0.2) is 5.13 Å². The van der Waals surface area contributed by atoms with Crippen molar-refractivity contribution in [1.82, 2.24) is 4.98 Å². The number of aromatic nitrogens is 1. The van der Waals surface area contributed by atoms with Crippen LogP contribution in [0.5, 0.6) is 11.5 Å². The van der Waals surface area contributed by atoms with Gasteiger partial charge in [-0.3, -0.25) is 10.1 Å². The molecule has 5 heteroatoms. The van der Waals surface area contributed by atoms with E-state index in [2.05, 4.69) is 10.3 Å². The maximum Gasteiger partial charge on any atom is 0.257 e. The van der Waals surface area contributed by atoms with Crippen LogP contribution < -0.4 is 10.1 Å². The van der Waals surface area contributed by atoms with E-state index in [9.17, 15) is 4.79 Å². The van der Waals surface area contributed by atoms with Gasteiger partial charge in [0.2, 0.25) is 0 Å². The van der Waals surface area contributed by atoms with Crippen LogP contribution in [0.25, 0.3) is 0 Å². The first-order valence-corrected chi connectivity index (χ1v) is 7.23. The Labute approximate surface area is 126 Å². The SMILES string of the molecule is O=C(Nc1nccs1)c1cccc(Oc2ccccc2)c1. The second-order valence-electron chi connectivity index (χ2n) is 4.23. The monoisotopic (exact) mass is 296 g/mol. The van der Waals surface area contributed by atoms with E-state index in [-0.39, 0.29) is 5.91 Å². The zero-order valence-corrected chi connectivity index (χ0v) is 11.8. The summed E-state index contributed by atoms with van der Waals surface area (Å²) in [5, 5.41) is 5.13. The highest BCUT2D eigenvalue weighted by atomic mass is 32.1. The Morgan fingerprint density at radius 1 is 1.05 bits per heavy atom. The number of nitrogens with one attached hydrogen (secondary N) is 1. The lowest BCUT2D eigenvalue weighted by atomic mass is 10.2. The van der Waals surface area contributed by atoms with Gasteiger partial charge in [0.05, 0.1) is 0 Å². The van der Waals surface area contributed by atoms with Crippen molar-refractivity contribution in [3.05, 3.63) is 71.7 Å². The van der Waals surface area contributed by atoms with Gasteiger partial charge in [0, 0.05) is 17.1 Å². The minimum atomic E-state index is -0.205. The Morgan fingerprint density at radius 3 is 2.62 bits per heavy atom. The first-order chi connectivity index (χ1) is 10.3. The maximum absolute atomic E-state index is 12.1. The molecule has 0 saturated carbocycles. The summed E-state index contributed by atoms with van der Waals surface area (Å²) >= 11 is 1.38. The lowest BCUT2D eigenvalue weighted by Gasteiger charge is -2.07. The highest BCUT2D eigenvalue weighted by Gasteiger charge is 2.08. The van der Waals surface area contributed by atoms with Crippen LogP contribution in [0.4, 0.5) is 5.13 Å². The topological polar surface area (TPSA) is 51.2 Å². The molecule has 0 aliphatic carbocycles. The molecule has 0 fully saturated rings. The van der Waals surface area contributed by atoms with Gasteiger partial charge in [0.1, 0.15) is 11.5 Å². The Balaban J connectivity index is 1.75. The first-order valence-electron chi connectivity index (χ1n) is 6.35. The highest BCUT2D eigenvalue weighted by molar-refractivity contribution is 7.13. The van der Waals surface area contributed by atoms with Gasteiger partial charge in [-0.15, -0.1) is 11.3 Å². The number of thiazole rings is 1. The molecule has 0 unspecified atom stereocenters. The first kappa shape index (κ1) is 13.3. The minimum Gasteiger partial charge on any atom is -0.457 e. The van der Waals surface area contributed by atoms with Crippen molar-refractivity contribution in [2.45, 2.75) is 0 Å². The van der Waals surface area contributed by atoms with E-state index in [0.29, 0.717) is 16.4 Å². The molecule has 1 amide bonds. The van der Waals surface area contributed by atoms with Crippen molar-refractivity contribution in [3.8, 4) is 11.5 Å². The molecule has 0 aliphatic rings. The van der Waals surface area contributed by atoms with Crippen LogP contribution >= 0.6 is 11.3 Å². The predicted molar refractivity (Wildman–Crippen MR) is 83.0 cm³/mol. The standard InChI is InChI=1S/C16H12N2O2S/c19-15(18-16-17-9-10-21-16)12-5-4-8-14(11-12)20-13-6-2-1-3-7-13/h1-11H,(H,17,18,19). The fraction of sp³-hybridized carbons (Fsp3) is 0. The number of anilines is 1. The van der Waals surface area contributed by atoms with Crippen LogP contribution in [0, 0.1) is 0 Å². The molecule has 3 aromatic rings. The summed E-state index contributed by atoms with van der Waals surface area (Å²) in [7, 11) is 0. The Morgan fingerprint density at radius 2 is 1.86 bits per heavy atom. The molecule has 0 spiro atoms. The van der Waals surface area contributed by atoms with Gasteiger partial charge >= 0.3 is 0 Å². The van der Waals surface area contributed by atoms with Crippen molar-refractivity contribution in [2.75, 3.05) is 5.32 Å². The lowest BCUT2D eigenvalue weighted by Crippen LogP contribution is -2.11. The van der Waals surface area contributed by atoms with E-state index in [1.165, 1.54) is 11.3 Å². The number of amides is 1. The average molecular weight is 296 g/mol. The highest BCUT2D eigenvalue weighted by Crippen LogP contribution is 2.22. The van der Waals surface area contributed by atoms with Crippen LogP contribution in [-0.2, 0) is 0 Å². The number of benzene rings is 2. The summed E-state index contributed by atoms with van der Waals surface area (Å²) in [6, 6.07) is 16.5. The number of ether oxygens (including phenoxy) is 1. The van der Waals surface area contributed by atoms with Crippen LogP contribution in [0.3, 0.4) is 0 Å². The lowest BCUT2D eigenvalue weighted by molar-refractivity contribution is 0.102. The number of nitrogens with zero attached hydrogens (tertiary/aromatic N) is 1. The van der Waals surface area contributed by atoms with Crippen LogP contribution in [-0.4, -0.2) is 10.9 Å². The number of hydrogen-bond acceptors (Lipinski definition) is 4. The van der Waals surface area contributed by atoms with Gasteiger partial charge in [-0.05, 0) is 30.3 Å². The molecule has 1 heterocycles. The minimum absolute atomic E-state index is 0.205. The molecule has 4 nitrogen and oxygen atoms in total. The van der Waals surface area contributed by atoms with Crippen LogP contribution in [0.15, 0.2) is 66.2 Å². The third-order valence-electron chi connectivity index (χ3n) is 2.73. The number of para-hydroxylation sites is 1. The van der Waals surface area contributed by atoms with E-state index in [4.69, 9.17) is 4.74 Å². The molecular weight excluding hydrogens is 284 g/mol. The molecule has 0 bridgehead atoms. The van der Waals surface area contributed by atoms with E-state index in [1.807, 2.05) is 41.8 Å². The van der Waals surface area contributed by atoms with E-state index in [1.54, 1.807) is 24.4 Å². The third-order valence-corrected chi connectivity index (χ3v) is 3.42. The Kier molecular flexibility index (Phi) is 3.93. The molecule has 21 heavy (non-hydrogen) atoms. The predicted octanol–water partition coefficient (Wildman–Crippen LogP) is 4.19. The summed E-state index contributed by atoms with van der Waals surface area (Å²) in [6.45, 7) is 0. The molecular formula is C16H12N2O2S. The van der Waals surface area contributed by atoms with Crippen LogP contribution in [0.1, 0.15) is 10.4 Å². The number of carbonyl (C=O) groups excluding carboxylic acids is 1.